The van der Waals surface area contributed by atoms with Crippen LogP contribution in [0.5, 0.6) is 5.75 Å². The van der Waals surface area contributed by atoms with E-state index in [2.05, 4.69) is 31.4 Å². The molecule has 0 saturated carbocycles. The molecule has 1 atom stereocenters. The van der Waals surface area contributed by atoms with Crippen LogP contribution in [-0.4, -0.2) is 50.2 Å². The van der Waals surface area contributed by atoms with Gasteiger partial charge in [-0.15, -0.1) is 21.5 Å². The minimum atomic E-state index is -0.261. The summed E-state index contributed by atoms with van der Waals surface area (Å²) in [5.41, 5.74) is 3.61. The van der Waals surface area contributed by atoms with Crippen molar-refractivity contribution in [3.8, 4) is 11.4 Å². The minimum absolute atomic E-state index is 0.0935. The standard InChI is InChI=1S/C32H27BrN6O3S2/c1-42-25-15-11-22(12-16-25)27-18-26(21-9-13-23(33)14-10-21)37-39(27)30(40)20-44-32-36-35-29(38(32)24-6-3-2-4-7-24)19-34-31(41)28-8-5-17-43-28/h2-17,27H,18-20H2,1H3,(H,34,41)/t27-/m1/s1. The molecular formula is C32H27BrN6O3S2. The van der Waals surface area contributed by atoms with E-state index in [9.17, 15) is 9.59 Å². The first-order chi connectivity index (χ1) is 21.5. The molecule has 222 valence electrons. The van der Waals surface area contributed by atoms with Gasteiger partial charge in [0.15, 0.2) is 11.0 Å². The molecule has 0 aliphatic carbocycles. The number of hydrogen-bond acceptors (Lipinski definition) is 8. The Morgan fingerprint density at radius 3 is 2.48 bits per heavy atom. The number of hydrazone groups is 1. The Morgan fingerprint density at radius 1 is 1.00 bits per heavy atom. The monoisotopic (exact) mass is 686 g/mol. The lowest BCUT2D eigenvalue weighted by atomic mass is 9.98. The third kappa shape index (κ3) is 6.62. The van der Waals surface area contributed by atoms with Gasteiger partial charge in [-0.1, -0.05) is 76.2 Å². The van der Waals surface area contributed by atoms with Crippen molar-refractivity contribution < 1.29 is 14.3 Å². The highest BCUT2D eigenvalue weighted by molar-refractivity contribution is 9.10. The first-order valence-corrected chi connectivity index (χ1v) is 16.4. The molecule has 1 N–H and O–H groups in total. The zero-order valence-corrected chi connectivity index (χ0v) is 26.8. The largest absolute Gasteiger partial charge is 0.497 e. The number of para-hydroxylation sites is 1. The molecule has 0 saturated heterocycles. The highest BCUT2D eigenvalue weighted by Gasteiger charge is 2.33. The number of carbonyl (C=O) groups excluding carboxylic acids is 2. The zero-order chi connectivity index (χ0) is 30.5. The molecule has 1 aliphatic rings. The van der Waals surface area contributed by atoms with E-state index in [-0.39, 0.29) is 30.2 Å². The van der Waals surface area contributed by atoms with Crippen LogP contribution in [-0.2, 0) is 11.3 Å². The summed E-state index contributed by atoms with van der Waals surface area (Å²) in [6.45, 7) is 0.180. The van der Waals surface area contributed by atoms with Crippen molar-refractivity contribution in [1.82, 2.24) is 25.1 Å². The number of methoxy groups -OCH3 is 1. The van der Waals surface area contributed by atoms with Gasteiger partial charge in [0.2, 0.25) is 0 Å². The highest BCUT2D eigenvalue weighted by atomic mass is 79.9. The summed E-state index contributed by atoms with van der Waals surface area (Å²) >= 11 is 6.15. The van der Waals surface area contributed by atoms with Crippen molar-refractivity contribution in [2.75, 3.05) is 12.9 Å². The molecule has 0 fully saturated rings. The second-order valence-corrected chi connectivity index (χ2v) is 12.6. The van der Waals surface area contributed by atoms with E-state index in [4.69, 9.17) is 9.84 Å². The third-order valence-corrected chi connectivity index (χ3v) is 9.35. The molecule has 3 aromatic carbocycles. The number of ether oxygens (including phenoxy) is 1. The van der Waals surface area contributed by atoms with Crippen molar-refractivity contribution in [2.45, 2.75) is 24.2 Å². The summed E-state index contributed by atoms with van der Waals surface area (Å²) in [6, 6.07) is 28.7. The Bertz CT molecular complexity index is 1780. The van der Waals surface area contributed by atoms with Crippen LogP contribution in [0.3, 0.4) is 0 Å². The van der Waals surface area contributed by atoms with Crippen molar-refractivity contribution in [1.29, 1.82) is 0 Å². The lowest BCUT2D eigenvalue weighted by Gasteiger charge is -2.22. The van der Waals surface area contributed by atoms with E-state index in [1.807, 2.05) is 94.9 Å². The van der Waals surface area contributed by atoms with Gasteiger partial charge < -0.3 is 10.1 Å². The third-order valence-electron chi connectivity index (χ3n) is 7.04. The van der Waals surface area contributed by atoms with E-state index in [1.54, 1.807) is 18.2 Å². The molecule has 5 aromatic rings. The summed E-state index contributed by atoms with van der Waals surface area (Å²) in [5.74, 6) is 1.07. The fourth-order valence-electron chi connectivity index (χ4n) is 4.83. The molecule has 0 radical (unpaired) electrons. The van der Waals surface area contributed by atoms with E-state index in [1.165, 1.54) is 23.1 Å². The van der Waals surface area contributed by atoms with Gasteiger partial charge >= 0.3 is 0 Å². The number of carbonyl (C=O) groups is 2. The van der Waals surface area contributed by atoms with Crippen LogP contribution in [0.25, 0.3) is 5.69 Å². The highest BCUT2D eigenvalue weighted by Crippen LogP contribution is 2.35. The maximum atomic E-state index is 13.8. The average Bonchev–Trinajstić information content (AvgIpc) is 3.84. The summed E-state index contributed by atoms with van der Waals surface area (Å²) in [5, 5.41) is 20.5. The number of aromatic nitrogens is 3. The Kier molecular flexibility index (Phi) is 9.20. The van der Waals surface area contributed by atoms with Gasteiger partial charge in [0.1, 0.15) is 5.75 Å². The van der Waals surface area contributed by atoms with Crippen LogP contribution < -0.4 is 10.1 Å². The molecule has 0 bridgehead atoms. The lowest BCUT2D eigenvalue weighted by molar-refractivity contribution is -0.130. The number of nitrogens with one attached hydrogen (secondary N) is 1. The van der Waals surface area contributed by atoms with Crippen molar-refractivity contribution in [3.63, 3.8) is 0 Å². The van der Waals surface area contributed by atoms with Gasteiger partial charge in [0, 0.05) is 16.6 Å². The predicted octanol–water partition coefficient (Wildman–Crippen LogP) is 6.50. The first-order valence-electron chi connectivity index (χ1n) is 13.7. The predicted molar refractivity (Wildman–Crippen MR) is 175 cm³/mol. The van der Waals surface area contributed by atoms with Crippen LogP contribution in [0, 0.1) is 0 Å². The minimum Gasteiger partial charge on any atom is -0.497 e. The quantitative estimate of drug-likeness (QED) is 0.168. The maximum absolute atomic E-state index is 13.8. The Labute approximate surface area is 271 Å². The fraction of sp³-hybridized carbons (Fsp3) is 0.156. The molecule has 2 aromatic heterocycles. The van der Waals surface area contributed by atoms with Crippen LogP contribution in [0.2, 0.25) is 0 Å². The maximum Gasteiger partial charge on any atom is 0.261 e. The van der Waals surface area contributed by atoms with Crippen molar-refractivity contribution in [3.05, 3.63) is 123 Å². The first kappa shape index (κ1) is 29.8. The van der Waals surface area contributed by atoms with Gasteiger partial charge in [-0.05, 0) is 59.0 Å². The number of amides is 2. The SMILES string of the molecule is COc1ccc([C@H]2CC(c3ccc(Br)cc3)=NN2C(=O)CSc2nnc(CNC(=O)c3cccs3)n2-c2ccccc2)cc1. The molecule has 0 unspecified atom stereocenters. The van der Waals surface area contributed by atoms with Crippen molar-refractivity contribution in [2.24, 2.45) is 5.10 Å². The van der Waals surface area contributed by atoms with E-state index < -0.39 is 0 Å². The molecule has 0 spiro atoms. The molecule has 3 heterocycles. The van der Waals surface area contributed by atoms with Crippen LogP contribution in [0.4, 0.5) is 0 Å². The number of nitrogens with zero attached hydrogens (tertiary/aromatic N) is 5. The van der Waals surface area contributed by atoms with E-state index in [0.29, 0.717) is 22.3 Å². The summed E-state index contributed by atoms with van der Waals surface area (Å²) in [7, 11) is 1.63. The van der Waals surface area contributed by atoms with Gasteiger partial charge in [0.05, 0.1) is 36.0 Å². The fourth-order valence-corrected chi connectivity index (χ4v) is 6.56. The Balaban J connectivity index is 1.24. The molecular weight excluding hydrogens is 660 g/mol. The molecule has 1 aliphatic heterocycles. The van der Waals surface area contributed by atoms with Gasteiger partial charge in [-0.3, -0.25) is 14.2 Å². The summed E-state index contributed by atoms with van der Waals surface area (Å²) < 4.78 is 8.18. The number of thioether (sulfide) groups is 1. The number of rotatable bonds is 10. The van der Waals surface area contributed by atoms with Crippen LogP contribution in [0.15, 0.2) is 111 Å². The van der Waals surface area contributed by atoms with Gasteiger partial charge in [-0.25, -0.2) is 5.01 Å². The lowest BCUT2D eigenvalue weighted by Crippen LogP contribution is -2.28. The summed E-state index contributed by atoms with van der Waals surface area (Å²) in [6.07, 6.45) is 0.582. The molecule has 12 heteroatoms. The van der Waals surface area contributed by atoms with E-state index in [0.717, 1.165) is 32.7 Å². The second kappa shape index (κ2) is 13.6. The smallest absolute Gasteiger partial charge is 0.261 e. The number of thiophene rings is 1. The van der Waals surface area contributed by atoms with Crippen LogP contribution in [0.1, 0.15) is 39.1 Å². The molecule has 44 heavy (non-hydrogen) atoms. The number of halogens is 1. The second-order valence-electron chi connectivity index (χ2n) is 9.80. The molecule has 6 rings (SSSR count). The van der Waals surface area contributed by atoms with Gasteiger partial charge in [-0.2, -0.15) is 5.10 Å². The Morgan fingerprint density at radius 2 is 1.77 bits per heavy atom. The van der Waals surface area contributed by atoms with Crippen LogP contribution >= 0.6 is 39.0 Å². The Hall–Kier alpha value is -4.26. The zero-order valence-electron chi connectivity index (χ0n) is 23.6. The van der Waals surface area contributed by atoms with Crippen molar-refractivity contribution >= 4 is 56.6 Å². The molecule has 2 amide bonds. The number of hydrogen-bond donors (Lipinski definition) is 1. The average molecular weight is 688 g/mol. The number of benzene rings is 3. The van der Waals surface area contributed by atoms with Gasteiger partial charge in [0.25, 0.3) is 11.8 Å². The normalized spacial score (nSPS) is 14.4. The molecule has 9 nitrogen and oxygen atoms in total. The summed E-state index contributed by atoms with van der Waals surface area (Å²) in [4.78, 5) is 27.0. The van der Waals surface area contributed by atoms with E-state index >= 15 is 0 Å². The topological polar surface area (TPSA) is 102 Å².